The van der Waals surface area contributed by atoms with Gasteiger partial charge in [0.15, 0.2) is 5.03 Å². The Hall–Kier alpha value is -1.53. The van der Waals surface area contributed by atoms with E-state index >= 15 is 0 Å². The van der Waals surface area contributed by atoms with E-state index in [1.165, 1.54) is 12.3 Å². The van der Waals surface area contributed by atoms with E-state index < -0.39 is 10.0 Å². The van der Waals surface area contributed by atoms with Gasteiger partial charge in [-0.15, -0.1) is 0 Å². The fourth-order valence-corrected chi connectivity index (χ4v) is 2.50. The molecule has 2 N–H and O–H groups in total. The van der Waals surface area contributed by atoms with Crippen LogP contribution in [0.25, 0.3) is 0 Å². The van der Waals surface area contributed by atoms with Crippen molar-refractivity contribution in [2.24, 2.45) is 0 Å². The van der Waals surface area contributed by atoms with Crippen molar-refractivity contribution in [1.82, 2.24) is 10.2 Å². The molecule has 1 aromatic carbocycles. The molecule has 0 spiro atoms. The summed E-state index contributed by atoms with van der Waals surface area (Å²) in [5, 5.41) is 6.48. The van der Waals surface area contributed by atoms with E-state index in [2.05, 4.69) is 14.9 Å². The van der Waals surface area contributed by atoms with Crippen molar-refractivity contribution in [1.29, 1.82) is 0 Å². The molecule has 0 unspecified atom stereocenters. The van der Waals surface area contributed by atoms with Crippen LogP contribution in [0.5, 0.6) is 0 Å². The fourth-order valence-electron chi connectivity index (χ4n) is 1.30. The zero-order valence-electron chi connectivity index (χ0n) is 8.94. The largest absolute Gasteiger partial charge is 0.278 e. The minimum absolute atomic E-state index is 0.0110. The molecule has 0 amide bonds. The van der Waals surface area contributed by atoms with Crippen LogP contribution in [0.2, 0.25) is 5.02 Å². The van der Waals surface area contributed by atoms with Crippen molar-refractivity contribution in [3.63, 3.8) is 0 Å². The standard InChI is InChI=1S/C10H10ClN3O2S/c1-7-2-3-8(11)6-9(7)14-17(15,16)10-4-5-12-13-10/h2-6,14H,1H3,(H,12,13). The Balaban J connectivity index is 2.36. The third-order valence-corrected chi connectivity index (χ3v) is 3.74. The summed E-state index contributed by atoms with van der Waals surface area (Å²) in [7, 11) is -3.64. The first kappa shape index (κ1) is 11.9. The van der Waals surface area contributed by atoms with Crippen LogP contribution in [0.1, 0.15) is 5.56 Å². The van der Waals surface area contributed by atoms with E-state index in [0.29, 0.717) is 10.7 Å². The lowest BCUT2D eigenvalue weighted by Crippen LogP contribution is -2.14. The number of sulfonamides is 1. The number of hydrogen-bond donors (Lipinski definition) is 2. The Morgan fingerprint density at radius 3 is 2.76 bits per heavy atom. The molecule has 2 aromatic rings. The molecule has 0 aliphatic heterocycles. The van der Waals surface area contributed by atoms with E-state index in [1.54, 1.807) is 25.1 Å². The molecule has 0 aliphatic rings. The monoisotopic (exact) mass is 271 g/mol. The smallest absolute Gasteiger partial charge is 0.278 e. The van der Waals surface area contributed by atoms with E-state index in [1.807, 2.05) is 0 Å². The second-order valence-corrected chi connectivity index (χ2v) is 5.57. The summed E-state index contributed by atoms with van der Waals surface area (Å²) in [4.78, 5) is 0. The van der Waals surface area contributed by atoms with Gasteiger partial charge in [-0.05, 0) is 30.7 Å². The minimum atomic E-state index is -3.64. The third kappa shape index (κ3) is 2.59. The maximum absolute atomic E-state index is 11.9. The van der Waals surface area contributed by atoms with Gasteiger partial charge in [0.2, 0.25) is 0 Å². The number of nitrogens with one attached hydrogen (secondary N) is 2. The van der Waals surface area contributed by atoms with E-state index in [4.69, 9.17) is 11.6 Å². The third-order valence-electron chi connectivity index (χ3n) is 2.21. The van der Waals surface area contributed by atoms with Crippen LogP contribution in [0.4, 0.5) is 5.69 Å². The van der Waals surface area contributed by atoms with Gasteiger partial charge in [-0.3, -0.25) is 9.82 Å². The van der Waals surface area contributed by atoms with E-state index in [-0.39, 0.29) is 5.03 Å². The van der Waals surface area contributed by atoms with Crippen LogP contribution < -0.4 is 4.72 Å². The SMILES string of the molecule is Cc1ccc(Cl)cc1NS(=O)(=O)c1ccn[nH]1. The zero-order valence-corrected chi connectivity index (χ0v) is 10.5. The topological polar surface area (TPSA) is 74.8 Å². The Bertz CT molecular complexity index is 623. The molecule has 0 fully saturated rings. The number of nitrogens with zero attached hydrogens (tertiary/aromatic N) is 1. The van der Waals surface area contributed by atoms with Gasteiger partial charge in [0.1, 0.15) is 0 Å². The molecule has 0 aliphatic carbocycles. The number of halogens is 1. The predicted octanol–water partition coefficient (Wildman–Crippen LogP) is 2.17. The highest BCUT2D eigenvalue weighted by molar-refractivity contribution is 7.92. The number of aryl methyl sites for hydroxylation is 1. The highest BCUT2D eigenvalue weighted by Gasteiger charge is 2.16. The summed E-state index contributed by atoms with van der Waals surface area (Å²) in [6.07, 6.45) is 1.37. The van der Waals surface area contributed by atoms with Crippen molar-refractivity contribution >= 4 is 27.3 Å². The highest BCUT2D eigenvalue weighted by Crippen LogP contribution is 2.22. The second kappa shape index (κ2) is 4.38. The second-order valence-electron chi connectivity index (χ2n) is 3.49. The van der Waals surface area contributed by atoms with Crippen molar-refractivity contribution in [2.75, 3.05) is 4.72 Å². The van der Waals surface area contributed by atoms with Crippen molar-refractivity contribution in [2.45, 2.75) is 11.9 Å². The molecule has 0 saturated heterocycles. The molecule has 0 bridgehead atoms. The molecule has 0 saturated carbocycles. The number of benzene rings is 1. The Morgan fingerprint density at radius 2 is 2.12 bits per heavy atom. The molecular weight excluding hydrogens is 262 g/mol. The minimum Gasteiger partial charge on any atom is -0.278 e. The lowest BCUT2D eigenvalue weighted by atomic mass is 10.2. The van der Waals surface area contributed by atoms with Crippen LogP contribution >= 0.6 is 11.6 Å². The molecule has 90 valence electrons. The van der Waals surface area contributed by atoms with Gasteiger partial charge < -0.3 is 0 Å². The first-order valence-corrected chi connectivity index (χ1v) is 6.63. The van der Waals surface area contributed by atoms with Crippen LogP contribution in [-0.2, 0) is 10.0 Å². The van der Waals surface area contributed by atoms with Gasteiger partial charge in [0.25, 0.3) is 10.0 Å². The number of anilines is 1. The normalized spacial score (nSPS) is 11.4. The number of aromatic amines is 1. The van der Waals surface area contributed by atoms with Crippen LogP contribution in [0, 0.1) is 6.92 Å². The van der Waals surface area contributed by atoms with Crippen molar-refractivity contribution in [3.05, 3.63) is 41.0 Å². The molecule has 1 aromatic heterocycles. The summed E-state index contributed by atoms with van der Waals surface area (Å²) in [5.74, 6) is 0. The Morgan fingerprint density at radius 1 is 1.35 bits per heavy atom. The Labute approximate surface area is 104 Å². The zero-order chi connectivity index (χ0) is 12.5. The maximum Gasteiger partial charge on any atom is 0.278 e. The number of hydrogen-bond acceptors (Lipinski definition) is 3. The molecule has 5 nitrogen and oxygen atoms in total. The maximum atomic E-state index is 11.9. The number of rotatable bonds is 3. The van der Waals surface area contributed by atoms with Crippen LogP contribution in [0.15, 0.2) is 35.5 Å². The fraction of sp³-hybridized carbons (Fsp3) is 0.100. The summed E-state index contributed by atoms with van der Waals surface area (Å²) in [6, 6.07) is 6.38. The summed E-state index contributed by atoms with van der Waals surface area (Å²) in [5.41, 5.74) is 1.24. The Kier molecular flexibility index (Phi) is 3.08. The van der Waals surface area contributed by atoms with Gasteiger partial charge >= 0.3 is 0 Å². The molecule has 1 heterocycles. The number of aromatic nitrogens is 2. The van der Waals surface area contributed by atoms with Crippen LogP contribution in [-0.4, -0.2) is 18.6 Å². The lowest BCUT2D eigenvalue weighted by Gasteiger charge is -2.09. The lowest BCUT2D eigenvalue weighted by molar-refractivity contribution is 0.597. The predicted molar refractivity (Wildman–Crippen MR) is 65.6 cm³/mol. The molecular formula is C10H10ClN3O2S. The van der Waals surface area contributed by atoms with Gasteiger partial charge in [-0.25, -0.2) is 0 Å². The average molecular weight is 272 g/mol. The van der Waals surface area contributed by atoms with Crippen molar-refractivity contribution < 1.29 is 8.42 Å². The number of H-pyrrole nitrogens is 1. The molecule has 0 atom stereocenters. The molecule has 2 rings (SSSR count). The first-order chi connectivity index (χ1) is 7.99. The quantitative estimate of drug-likeness (QED) is 0.898. The average Bonchev–Trinajstić information content (AvgIpc) is 2.77. The molecule has 0 radical (unpaired) electrons. The van der Waals surface area contributed by atoms with Gasteiger partial charge in [0, 0.05) is 5.02 Å². The summed E-state index contributed by atoms with van der Waals surface area (Å²) < 4.78 is 26.2. The van der Waals surface area contributed by atoms with Crippen molar-refractivity contribution in [3.8, 4) is 0 Å². The van der Waals surface area contributed by atoms with Gasteiger partial charge in [-0.2, -0.15) is 13.5 Å². The van der Waals surface area contributed by atoms with E-state index in [9.17, 15) is 8.42 Å². The van der Waals surface area contributed by atoms with Crippen LogP contribution in [0.3, 0.4) is 0 Å². The van der Waals surface area contributed by atoms with Gasteiger partial charge in [-0.1, -0.05) is 17.7 Å². The molecule has 17 heavy (non-hydrogen) atoms. The van der Waals surface area contributed by atoms with Gasteiger partial charge in [0.05, 0.1) is 11.9 Å². The summed E-state index contributed by atoms with van der Waals surface area (Å²) in [6.45, 7) is 1.79. The first-order valence-electron chi connectivity index (χ1n) is 4.77. The molecule has 7 heteroatoms. The van der Waals surface area contributed by atoms with E-state index in [0.717, 1.165) is 5.56 Å². The summed E-state index contributed by atoms with van der Waals surface area (Å²) >= 11 is 5.82. The highest BCUT2D eigenvalue weighted by atomic mass is 35.5.